The first-order chi connectivity index (χ1) is 9.88. The van der Waals surface area contributed by atoms with Gasteiger partial charge in [0.2, 0.25) is 5.91 Å². The standard InChI is InChI=1S/C16H12F3NO.ClH/c17-16(18,19)8-9-4-3-7-11-10-5-1-2-6-12(10)14(13(9)11)15(20)21;/h1-7,14H,8H2,(H2,20,21);1H. The highest BCUT2D eigenvalue weighted by atomic mass is 35.5. The number of hydrogen-bond donors (Lipinski definition) is 1. The minimum Gasteiger partial charge on any atom is -0.369 e. The van der Waals surface area contributed by atoms with Crippen molar-refractivity contribution in [2.24, 2.45) is 5.73 Å². The molecule has 1 amide bonds. The van der Waals surface area contributed by atoms with Crippen LogP contribution in [0.4, 0.5) is 13.2 Å². The molecule has 0 aliphatic heterocycles. The van der Waals surface area contributed by atoms with Gasteiger partial charge in [-0.25, -0.2) is 0 Å². The van der Waals surface area contributed by atoms with Crippen LogP contribution in [0.5, 0.6) is 0 Å². The van der Waals surface area contributed by atoms with E-state index >= 15 is 0 Å². The normalized spacial score (nSPS) is 15.7. The zero-order valence-electron chi connectivity index (χ0n) is 11.4. The lowest BCUT2D eigenvalue weighted by Gasteiger charge is -2.15. The molecule has 0 fully saturated rings. The fourth-order valence-electron chi connectivity index (χ4n) is 3.00. The monoisotopic (exact) mass is 327 g/mol. The fraction of sp³-hybridized carbons (Fsp3) is 0.188. The van der Waals surface area contributed by atoms with Crippen LogP contribution in [-0.2, 0) is 11.2 Å². The Hall–Kier alpha value is -2.01. The Bertz CT molecular complexity index is 728. The molecule has 1 atom stereocenters. The molecule has 0 radical (unpaired) electrons. The Balaban J connectivity index is 0.00000176. The van der Waals surface area contributed by atoms with Gasteiger partial charge in [0.15, 0.2) is 0 Å². The summed E-state index contributed by atoms with van der Waals surface area (Å²) in [6, 6.07) is 11.8. The highest BCUT2D eigenvalue weighted by molar-refractivity contribution is 5.96. The third kappa shape index (κ3) is 2.68. The number of primary amides is 1. The number of rotatable bonds is 2. The Kier molecular flexibility index (Phi) is 4.20. The topological polar surface area (TPSA) is 43.1 Å². The summed E-state index contributed by atoms with van der Waals surface area (Å²) < 4.78 is 38.3. The average molecular weight is 328 g/mol. The molecule has 1 aliphatic carbocycles. The van der Waals surface area contributed by atoms with Gasteiger partial charge in [0.05, 0.1) is 12.3 Å². The zero-order valence-corrected chi connectivity index (χ0v) is 12.2. The Morgan fingerprint density at radius 2 is 1.68 bits per heavy atom. The first-order valence-electron chi connectivity index (χ1n) is 6.45. The van der Waals surface area contributed by atoms with Crippen molar-refractivity contribution in [2.45, 2.75) is 18.5 Å². The molecule has 0 aromatic heterocycles. The number of benzene rings is 2. The molecule has 0 saturated heterocycles. The van der Waals surface area contributed by atoms with Crippen LogP contribution >= 0.6 is 12.4 Å². The van der Waals surface area contributed by atoms with Crippen molar-refractivity contribution in [3.63, 3.8) is 0 Å². The van der Waals surface area contributed by atoms with Crippen molar-refractivity contribution in [1.82, 2.24) is 0 Å². The molecule has 1 unspecified atom stereocenters. The maximum atomic E-state index is 12.8. The van der Waals surface area contributed by atoms with Gasteiger partial charge in [0.1, 0.15) is 0 Å². The van der Waals surface area contributed by atoms with Crippen LogP contribution < -0.4 is 5.73 Å². The highest BCUT2D eigenvalue weighted by Gasteiger charge is 2.37. The molecule has 1 aliphatic rings. The van der Waals surface area contributed by atoms with E-state index < -0.39 is 24.4 Å². The van der Waals surface area contributed by atoms with Gasteiger partial charge in [-0.05, 0) is 27.8 Å². The van der Waals surface area contributed by atoms with E-state index in [1.807, 2.05) is 0 Å². The smallest absolute Gasteiger partial charge is 0.369 e. The third-order valence-corrected chi connectivity index (χ3v) is 3.72. The summed E-state index contributed by atoms with van der Waals surface area (Å²) >= 11 is 0. The lowest BCUT2D eigenvalue weighted by molar-refractivity contribution is -0.127. The highest BCUT2D eigenvalue weighted by Crippen LogP contribution is 2.46. The summed E-state index contributed by atoms with van der Waals surface area (Å²) in [6.45, 7) is 0. The molecule has 6 heteroatoms. The average Bonchev–Trinajstić information content (AvgIpc) is 2.73. The van der Waals surface area contributed by atoms with Crippen molar-refractivity contribution in [2.75, 3.05) is 0 Å². The molecule has 3 rings (SSSR count). The summed E-state index contributed by atoms with van der Waals surface area (Å²) in [5, 5.41) is 0. The predicted octanol–water partition coefficient (Wildman–Crippen LogP) is 3.81. The van der Waals surface area contributed by atoms with Crippen LogP contribution in [0.1, 0.15) is 22.6 Å². The van der Waals surface area contributed by atoms with Crippen LogP contribution in [-0.4, -0.2) is 12.1 Å². The van der Waals surface area contributed by atoms with Crippen molar-refractivity contribution in [3.8, 4) is 11.1 Å². The number of carbonyl (C=O) groups excluding carboxylic acids is 1. The molecule has 2 nitrogen and oxygen atoms in total. The van der Waals surface area contributed by atoms with Crippen molar-refractivity contribution in [1.29, 1.82) is 0 Å². The molecule has 0 saturated carbocycles. The van der Waals surface area contributed by atoms with Gasteiger partial charge in [-0.15, -0.1) is 12.4 Å². The molecule has 0 heterocycles. The second-order valence-corrected chi connectivity index (χ2v) is 5.09. The number of alkyl halides is 3. The number of fused-ring (bicyclic) bond motifs is 3. The van der Waals surface area contributed by atoms with Crippen LogP contribution in [0, 0.1) is 0 Å². The summed E-state index contributed by atoms with van der Waals surface area (Å²) in [5.74, 6) is -1.44. The lowest BCUT2D eigenvalue weighted by atomic mass is 9.91. The molecule has 2 aromatic carbocycles. The van der Waals surface area contributed by atoms with Gasteiger partial charge < -0.3 is 5.73 Å². The van der Waals surface area contributed by atoms with E-state index in [0.717, 1.165) is 5.56 Å². The molecule has 0 bridgehead atoms. The number of carbonyl (C=O) groups is 1. The molecule has 22 heavy (non-hydrogen) atoms. The van der Waals surface area contributed by atoms with E-state index in [9.17, 15) is 18.0 Å². The third-order valence-electron chi connectivity index (χ3n) is 3.72. The van der Waals surface area contributed by atoms with Crippen LogP contribution in [0.2, 0.25) is 0 Å². The van der Waals surface area contributed by atoms with Crippen LogP contribution in [0.25, 0.3) is 11.1 Å². The minimum absolute atomic E-state index is 0. The number of nitrogens with two attached hydrogens (primary N) is 1. The lowest BCUT2D eigenvalue weighted by Crippen LogP contribution is -2.23. The Morgan fingerprint density at radius 1 is 1.05 bits per heavy atom. The summed E-state index contributed by atoms with van der Waals surface area (Å²) in [6.07, 6.45) is -5.39. The number of amides is 1. The molecule has 116 valence electrons. The summed E-state index contributed by atoms with van der Waals surface area (Å²) in [5.41, 5.74) is 8.06. The Labute approximate surface area is 131 Å². The second-order valence-electron chi connectivity index (χ2n) is 5.09. The first kappa shape index (κ1) is 16.4. The molecular formula is C16H13ClF3NO. The van der Waals surface area contributed by atoms with Gasteiger partial charge in [0.25, 0.3) is 0 Å². The van der Waals surface area contributed by atoms with Crippen molar-refractivity contribution >= 4 is 18.3 Å². The van der Waals surface area contributed by atoms with Gasteiger partial charge in [-0.3, -0.25) is 4.79 Å². The van der Waals surface area contributed by atoms with Gasteiger partial charge >= 0.3 is 6.18 Å². The SMILES string of the molecule is Cl.NC(=O)C1c2ccccc2-c2cccc(CC(F)(F)F)c21. The van der Waals surface area contributed by atoms with Crippen molar-refractivity contribution in [3.05, 3.63) is 59.2 Å². The number of halogens is 4. The zero-order chi connectivity index (χ0) is 15.2. The predicted molar refractivity (Wildman–Crippen MR) is 79.9 cm³/mol. The van der Waals surface area contributed by atoms with Gasteiger partial charge in [-0.2, -0.15) is 13.2 Å². The maximum Gasteiger partial charge on any atom is 0.393 e. The number of hydrogen-bond acceptors (Lipinski definition) is 1. The quantitative estimate of drug-likeness (QED) is 0.895. The Morgan fingerprint density at radius 3 is 2.32 bits per heavy atom. The van der Waals surface area contributed by atoms with E-state index in [1.54, 1.807) is 36.4 Å². The fourth-order valence-corrected chi connectivity index (χ4v) is 3.00. The van der Waals surface area contributed by atoms with E-state index in [2.05, 4.69) is 0 Å². The maximum absolute atomic E-state index is 12.8. The molecule has 2 N–H and O–H groups in total. The van der Waals surface area contributed by atoms with Crippen LogP contribution in [0.15, 0.2) is 42.5 Å². The van der Waals surface area contributed by atoms with E-state index in [1.165, 1.54) is 6.07 Å². The summed E-state index contributed by atoms with van der Waals surface area (Å²) in [7, 11) is 0. The van der Waals surface area contributed by atoms with E-state index in [-0.39, 0.29) is 18.0 Å². The molecule has 0 spiro atoms. The van der Waals surface area contributed by atoms with Gasteiger partial charge in [-0.1, -0.05) is 42.5 Å². The first-order valence-corrected chi connectivity index (χ1v) is 6.45. The minimum atomic E-state index is -4.33. The van der Waals surface area contributed by atoms with E-state index in [0.29, 0.717) is 16.7 Å². The summed E-state index contributed by atoms with van der Waals surface area (Å²) in [4.78, 5) is 11.8. The second kappa shape index (κ2) is 5.65. The van der Waals surface area contributed by atoms with Crippen molar-refractivity contribution < 1.29 is 18.0 Å². The van der Waals surface area contributed by atoms with E-state index in [4.69, 9.17) is 5.73 Å². The molecule has 2 aromatic rings. The largest absolute Gasteiger partial charge is 0.393 e. The van der Waals surface area contributed by atoms with Crippen LogP contribution in [0.3, 0.4) is 0 Å². The van der Waals surface area contributed by atoms with Gasteiger partial charge in [0, 0.05) is 0 Å². The molecular weight excluding hydrogens is 315 g/mol.